The van der Waals surface area contributed by atoms with Crippen LogP contribution in [0.25, 0.3) is 0 Å². The molecule has 2 N–H and O–H groups in total. The summed E-state index contributed by atoms with van der Waals surface area (Å²) < 4.78 is 53.7. The van der Waals surface area contributed by atoms with Crippen molar-refractivity contribution in [1.82, 2.24) is 0 Å². The number of thiophene rings is 1. The summed E-state index contributed by atoms with van der Waals surface area (Å²) in [6, 6.07) is 6.61. The summed E-state index contributed by atoms with van der Waals surface area (Å²) in [5.41, 5.74) is 4.86. The number of halogens is 1. The topological polar surface area (TPSA) is 121 Å². The molecule has 1 aromatic carbocycles. The van der Waals surface area contributed by atoms with Crippen molar-refractivity contribution < 1.29 is 26.4 Å². The van der Waals surface area contributed by atoms with Crippen molar-refractivity contribution in [2.45, 2.75) is 20.6 Å². The van der Waals surface area contributed by atoms with Crippen LogP contribution < -0.4 is 5.73 Å². The fourth-order valence-corrected chi connectivity index (χ4v) is 6.04. The van der Waals surface area contributed by atoms with E-state index in [9.17, 15) is 21.6 Å². The molecule has 0 bridgehead atoms. The molecule has 1 aromatic heterocycles. The molecular formula is C13H12BrNO6S3. The lowest BCUT2D eigenvalue weighted by Crippen LogP contribution is -2.12. The third-order valence-corrected chi connectivity index (χ3v) is 7.68. The van der Waals surface area contributed by atoms with Gasteiger partial charge < -0.3 is 10.5 Å². The Labute approximate surface area is 151 Å². The summed E-state index contributed by atoms with van der Waals surface area (Å²) in [4.78, 5) is 10.8. The lowest BCUT2D eigenvalue weighted by Gasteiger charge is -2.06. The van der Waals surface area contributed by atoms with Gasteiger partial charge in [-0.25, -0.2) is 21.6 Å². The van der Waals surface area contributed by atoms with Crippen molar-refractivity contribution >= 4 is 53.0 Å². The first-order valence-corrected chi connectivity index (χ1v) is 11.3. The zero-order valence-corrected chi connectivity index (χ0v) is 16.3. The minimum absolute atomic E-state index is 0.00289. The number of sulfone groups is 2. The number of carbonyl (C=O) groups is 1. The van der Waals surface area contributed by atoms with Gasteiger partial charge in [-0.2, -0.15) is 0 Å². The molecule has 0 aliphatic heterocycles. The Morgan fingerprint density at radius 1 is 1.17 bits per heavy atom. The van der Waals surface area contributed by atoms with Gasteiger partial charge in [-0.1, -0.05) is 15.9 Å². The van der Waals surface area contributed by atoms with E-state index in [0.29, 0.717) is 9.35 Å². The van der Waals surface area contributed by atoms with Gasteiger partial charge in [0.05, 0.1) is 9.79 Å². The molecule has 0 radical (unpaired) electrons. The van der Waals surface area contributed by atoms with Crippen LogP contribution in [0.2, 0.25) is 0 Å². The largest absolute Gasteiger partial charge is 0.444 e. The first kappa shape index (κ1) is 18.9. The summed E-state index contributed by atoms with van der Waals surface area (Å²) >= 11 is 4.03. The summed E-state index contributed by atoms with van der Waals surface area (Å²) in [6.45, 7) is -0.136. The smallest absolute Gasteiger partial charge is 0.404 e. The molecule has 0 aliphatic rings. The summed E-state index contributed by atoms with van der Waals surface area (Å²) in [6.07, 6.45) is 0.0351. The molecule has 1 amide bonds. The van der Waals surface area contributed by atoms with Crippen molar-refractivity contribution in [3.05, 3.63) is 39.7 Å². The van der Waals surface area contributed by atoms with Gasteiger partial charge in [0.15, 0.2) is 9.84 Å². The van der Waals surface area contributed by atoms with Crippen LogP contribution in [0.1, 0.15) is 4.88 Å². The maximum absolute atomic E-state index is 12.7. The maximum Gasteiger partial charge on any atom is 0.404 e. The molecule has 0 saturated heterocycles. The Morgan fingerprint density at radius 3 is 2.38 bits per heavy atom. The third kappa shape index (κ3) is 4.35. The summed E-state index contributed by atoms with van der Waals surface area (Å²) in [5.74, 6) is 0. The highest BCUT2D eigenvalue weighted by atomic mass is 79.9. The fourth-order valence-electron chi connectivity index (χ4n) is 1.74. The van der Waals surface area contributed by atoms with E-state index in [4.69, 9.17) is 5.73 Å². The van der Waals surface area contributed by atoms with E-state index in [1.165, 1.54) is 24.3 Å². The van der Waals surface area contributed by atoms with Gasteiger partial charge in [-0.3, -0.25) is 0 Å². The number of carbonyl (C=O) groups excluding carboxylic acids is 1. The van der Waals surface area contributed by atoms with E-state index >= 15 is 0 Å². The molecule has 0 spiro atoms. The number of rotatable bonds is 5. The SMILES string of the molecule is CS(=O)(=O)c1cc(Br)cc(S(=O)(=O)c2ccc(COC(N)=O)s2)c1. The highest BCUT2D eigenvalue weighted by Crippen LogP contribution is 2.31. The van der Waals surface area contributed by atoms with Crippen LogP contribution in [-0.4, -0.2) is 29.2 Å². The highest BCUT2D eigenvalue weighted by molar-refractivity contribution is 9.10. The predicted octanol–water partition coefficient (Wildman–Crippen LogP) is 2.34. The number of hydrogen-bond acceptors (Lipinski definition) is 7. The zero-order chi connectivity index (χ0) is 18.1. The molecule has 7 nitrogen and oxygen atoms in total. The fraction of sp³-hybridized carbons (Fsp3) is 0.154. The van der Waals surface area contributed by atoms with Crippen molar-refractivity contribution in [3.63, 3.8) is 0 Å². The van der Waals surface area contributed by atoms with E-state index < -0.39 is 25.8 Å². The summed E-state index contributed by atoms with van der Waals surface area (Å²) in [5, 5.41) is 0. The number of primary amides is 1. The van der Waals surface area contributed by atoms with Gasteiger partial charge in [0.25, 0.3) is 0 Å². The van der Waals surface area contributed by atoms with Crippen molar-refractivity contribution in [2.75, 3.05) is 6.26 Å². The first-order valence-electron chi connectivity index (χ1n) is 6.27. The number of amides is 1. The number of ether oxygens (including phenoxy) is 1. The van der Waals surface area contributed by atoms with Crippen LogP contribution in [0.5, 0.6) is 0 Å². The quantitative estimate of drug-likeness (QED) is 0.741. The van der Waals surface area contributed by atoms with Gasteiger partial charge >= 0.3 is 6.09 Å². The lowest BCUT2D eigenvalue weighted by atomic mass is 10.4. The van der Waals surface area contributed by atoms with E-state index in [1.54, 1.807) is 0 Å². The first-order chi connectivity index (χ1) is 11.0. The average molecular weight is 454 g/mol. The molecule has 2 aromatic rings. The van der Waals surface area contributed by atoms with E-state index in [-0.39, 0.29) is 20.6 Å². The second kappa shape index (κ2) is 6.82. The normalized spacial score (nSPS) is 12.1. The van der Waals surface area contributed by atoms with E-state index in [2.05, 4.69) is 20.7 Å². The van der Waals surface area contributed by atoms with E-state index in [0.717, 1.165) is 23.7 Å². The second-order valence-corrected chi connectivity index (χ2v) is 11.0. The number of nitrogens with two attached hydrogens (primary N) is 1. The number of benzene rings is 1. The Morgan fingerprint density at radius 2 is 1.79 bits per heavy atom. The van der Waals surface area contributed by atoms with Crippen LogP contribution in [0.15, 0.2) is 48.8 Å². The van der Waals surface area contributed by atoms with Gasteiger partial charge in [0, 0.05) is 15.6 Å². The van der Waals surface area contributed by atoms with E-state index in [1.807, 2.05) is 0 Å². The molecular weight excluding hydrogens is 442 g/mol. The van der Waals surface area contributed by atoms with Gasteiger partial charge in [0.1, 0.15) is 10.8 Å². The Balaban J connectivity index is 2.44. The highest BCUT2D eigenvalue weighted by Gasteiger charge is 2.23. The van der Waals surface area contributed by atoms with Crippen LogP contribution in [0.4, 0.5) is 4.79 Å². The Hall–Kier alpha value is -1.43. The van der Waals surface area contributed by atoms with Gasteiger partial charge in [0.2, 0.25) is 9.84 Å². The zero-order valence-electron chi connectivity index (χ0n) is 12.2. The molecule has 0 fully saturated rings. The Bertz CT molecular complexity index is 994. The molecule has 0 saturated carbocycles. The molecule has 1 heterocycles. The van der Waals surface area contributed by atoms with Gasteiger partial charge in [-0.05, 0) is 30.3 Å². The lowest BCUT2D eigenvalue weighted by molar-refractivity contribution is 0.151. The van der Waals surface area contributed by atoms with Gasteiger partial charge in [-0.15, -0.1) is 11.3 Å². The molecule has 0 atom stereocenters. The summed E-state index contributed by atoms with van der Waals surface area (Å²) in [7, 11) is -7.48. The Kier molecular flexibility index (Phi) is 5.37. The van der Waals surface area contributed by atoms with Crippen LogP contribution >= 0.6 is 27.3 Å². The molecule has 0 aliphatic carbocycles. The van der Waals surface area contributed by atoms with Crippen molar-refractivity contribution in [3.8, 4) is 0 Å². The standard InChI is InChI=1S/C13H12BrNO6S3/c1-23(17,18)10-4-8(14)5-11(6-10)24(19,20)12-3-2-9(22-12)7-21-13(15)16/h2-6H,7H2,1H3,(H2,15,16). The molecule has 130 valence electrons. The third-order valence-electron chi connectivity index (χ3n) is 2.84. The average Bonchev–Trinajstić information content (AvgIpc) is 2.93. The monoisotopic (exact) mass is 453 g/mol. The molecule has 2 rings (SSSR count). The molecule has 24 heavy (non-hydrogen) atoms. The molecule has 0 unspecified atom stereocenters. The van der Waals surface area contributed by atoms with Crippen LogP contribution in [0.3, 0.4) is 0 Å². The molecule has 11 heteroatoms. The minimum Gasteiger partial charge on any atom is -0.444 e. The van der Waals surface area contributed by atoms with Crippen LogP contribution in [0, 0.1) is 0 Å². The predicted molar refractivity (Wildman–Crippen MR) is 91.4 cm³/mol. The maximum atomic E-state index is 12.7. The van der Waals surface area contributed by atoms with Crippen molar-refractivity contribution in [1.29, 1.82) is 0 Å². The minimum atomic E-state index is -3.91. The number of hydrogen-bond donors (Lipinski definition) is 1. The van der Waals surface area contributed by atoms with Crippen LogP contribution in [-0.2, 0) is 31.0 Å². The second-order valence-electron chi connectivity index (χ2n) is 4.73. The van der Waals surface area contributed by atoms with Crippen molar-refractivity contribution in [2.24, 2.45) is 5.73 Å².